The molecule has 0 unspecified atom stereocenters. The van der Waals surface area contributed by atoms with Crippen molar-refractivity contribution >= 4 is 0 Å². The summed E-state index contributed by atoms with van der Waals surface area (Å²) in [6.07, 6.45) is 0.0185. The molecule has 0 saturated carbocycles. The van der Waals surface area contributed by atoms with Gasteiger partial charge in [-0.1, -0.05) is 0 Å². The van der Waals surface area contributed by atoms with Gasteiger partial charge in [0.05, 0.1) is 25.3 Å². The molecule has 4 heteroatoms. The Kier molecular flexibility index (Phi) is 2.62. The number of methoxy groups -OCH3 is 2. The molecule has 0 aromatic heterocycles. The maximum absolute atomic E-state index is 9.01. The van der Waals surface area contributed by atoms with Gasteiger partial charge < -0.3 is 14.7 Å². The fourth-order valence-corrected chi connectivity index (χ4v) is 1.18. The van der Waals surface area contributed by atoms with Gasteiger partial charge in [0.15, 0.2) is 0 Å². The minimum atomic E-state index is 0.00926. The molecule has 4 nitrogen and oxygen atoms in total. The summed E-state index contributed by atoms with van der Waals surface area (Å²) >= 11 is 0. The van der Waals surface area contributed by atoms with E-state index in [9.17, 15) is 0 Å². The summed E-state index contributed by atoms with van der Waals surface area (Å²) in [6, 6.07) is 0. The second-order valence-corrected chi connectivity index (χ2v) is 2.42. The molecule has 1 fully saturated rings. The van der Waals surface area contributed by atoms with E-state index in [0.29, 0.717) is 13.1 Å². The highest BCUT2D eigenvalue weighted by Gasteiger charge is 2.31. The van der Waals surface area contributed by atoms with Gasteiger partial charge in [-0.25, -0.2) is 0 Å². The molecule has 1 heterocycles. The topological polar surface area (TPSA) is 41.9 Å². The molecule has 0 bridgehead atoms. The van der Waals surface area contributed by atoms with Crippen LogP contribution < -0.4 is 0 Å². The molecular formula is C6H13NO3. The third-order valence-electron chi connectivity index (χ3n) is 1.80. The molecule has 0 spiro atoms. The Balaban J connectivity index is 2.41. The van der Waals surface area contributed by atoms with Crippen LogP contribution in [-0.2, 0) is 9.47 Å². The maximum Gasteiger partial charge on any atom is 0.0996 e. The molecule has 0 aromatic carbocycles. The van der Waals surface area contributed by atoms with Crippen LogP contribution in [0.5, 0.6) is 0 Å². The Bertz CT molecular complexity index is 97.2. The highest BCUT2D eigenvalue weighted by Crippen LogP contribution is 2.12. The summed E-state index contributed by atoms with van der Waals surface area (Å²) < 4.78 is 10.1. The lowest BCUT2D eigenvalue weighted by atomic mass is 10.3. The highest BCUT2D eigenvalue weighted by atomic mass is 16.6. The van der Waals surface area contributed by atoms with Crippen LogP contribution in [-0.4, -0.2) is 49.8 Å². The van der Waals surface area contributed by atoms with Crippen molar-refractivity contribution in [3.05, 3.63) is 0 Å². The van der Waals surface area contributed by atoms with Crippen molar-refractivity contribution in [2.24, 2.45) is 0 Å². The average molecular weight is 147 g/mol. The van der Waals surface area contributed by atoms with E-state index < -0.39 is 0 Å². The summed E-state index contributed by atoms with van der Waals surface area (Å²) in [5.74, 6) is 0. The van der Waals surface area contributed by atoms with E-state index in [4.69, 9.17) is 14.7 Å². The Morgan fingerprint density at radius 2 is 1.60 bits per heavy atom. The standard InChI is InChI=1S/C6H13NO3/c1-9-5-3-7(8)4-6(5)10-2/h5-6,8H,3-4H2,1-2H3/t5-,6-/m0/s1. The van der Waals surface area contributed by atoms with Crippen LogP contribution in [0.2, 0.25) is 0 Å². The van der Waals surface area contributed by atoms with Gasteiger partial charge in [-0.05, 0) is 0 Å². The summed E-state index contributed by atoms with van der Waals surface area (Å²) in [5, 5.41) is 10.2. The first-order chi connectivity index (χ1) is 4.77. The molecule has 1 rings (SSSR count). The SMILES string of the molecule is CO[C@H]1CN(O)C[C@@H]1OC. The molecular weight excluding hydrogens is 134 g/mol. The fraction of sp³-hybridized carbons (Fsp3) is 1.00. The molecule has 0 aliphatic carbocycles. The molecule has 1 saturated heterocycles. The fourth-order valence-electron chi connectivity index (χ4n) is 1.18. The van der Waals surface area contributed by atoms with Gasteiger partial charge in [-0.15, -0.1) is 0 Å². The van der Waals surface area contributed by atoms with Crippen molar-refractivity contribution < 1.29 is 14.7 Å². The first-order valence-corrected chi connectivity index (χ1v) is 3.27. The normalized spacial score (nSPS) is 35.1. The third-order valence-corrected chi connectivity index (χ3v) is 1.80. The van der Waals surface area contributed by atoms with Crippen molar-refractivity contribution in [1.82, 2.24) is 5.06 Å². The molecule has 2 atom stereocenters. The number of rotatable bonds is 2. The van der Waals surface area contributed by atoms with Gasteiger partial charge in [-0.3, -0.25) is 0 Å². The third kappa shape index (κ3) is 1.46. The van der Waals surface area contributed by atoms with Gasteiger partial charge in [0.1, 0.15) is 0 Å². The van der Waals surface area contributed by atoms with E-state index in [-0.39, 0.29) is 12.2 Å². The zero-order valence-corrected chi connectivity index (χ0v) is 6.28. The summed E-state index contributed by atoms with van der Waals surface area (Å²) in [4.78, 5) is 0. The van der Waals surface area contributed by atoms with Crippen molar-refractivity contribution in [3.63, 3.8) is 0 Å². The molecule has 1 aliphatic rings. The van der Waals surface area contributed by atoms with Gasteiger partial charge in [0.2, 0.25) is 0 Å². The Morgan fingerprint density at radius 3 is 1.90 bits per heavy atom. The number of ether oxygens (including phenoxy) is 2. The highest BCUT2D eigenvalue weighted by molar-refractivity contribution is 4.81. The van der Waals surface area contributed by atoms with E-state index in [0.717, 1.165) is 0 Å². The lowest BCUT2D eigenvalue weighted by Crippen LogP contribution is -2.27. The van der Waals surface area contributed by atoms with E-state index in [1.165, 1.54) is 5.06 Å². The molecule has 0 radical (unpaired) electrons. The maximum atomic E-state index is 9.01. The predicted molar refractivity (Wildman–Crippen MR) is 35.0 cm³/mol. The van der Waals surface area contributed by atoms with Gasteiger partial charge in [0.25, 0.3) is 0 Å². The predicted octanol–water partition coefficient (Wildman–Crippen LogP) is -0.279. The summed E-state index contributed by atoms with van der Waals surface area (Å²) in [7, 11) is 3.24. The van der Waals surface area contributed by atoms with Gasteiger partial charge >= 0.3 is 0 Å². The zero-order valence-electron chi connectivity index (χ0n) is 6.28. The monoisotopic (exact) mass is 147 g/mol. The number of nitrogens with zero attached hydrogens (tertiary/aromatic N) is 1. The zero-order chi connectivity index (χ0) is 7.56. The van der Waals surface area contributed by atoms with Crippen molar-refractivity contribution in [2.75, 3.05) is 27.3 Å². The second kappa shape index (κ2) is 3.30. The Labute approximate surface area is 60.3 Å². The molecule has 1 aliphatic heterocycles. The van der Waals surface area contributed by atoms with Crippen LogP contribution in [0.1, 0.15) is 0 Å². The molecule has 10 heavy (non-hydrogen) atoms. The van der Waals surface area contributed by atoms with E-state index >= 15 is 0 Å². The molecule has 1 N–H and O–H groups in total. The van der Waals surface area contributed by atoms with E-state index in [1.54, 1.807) is 14.2 Å². The first kappa shape index (κ1) is 7.94. The van der Waals surface area contributed by atoms with E-state index in [1.807, 2.05) is 0 Å². The van der Waals surface area contributed by atoms with Crippen LogP contribution in [0.15, 0.2) is 0 Å². The number of hydrogen-bond donors (Lipinski definition) is 1. The van der Waals surface area contributed by atoms with Crippen molar-refractivity contribution in [1.29, 1.82) is 0 Å². The van der Waals surface area contributed by atoms with Crippen LogP contribution in [0.3, 0.4) is 0 Å². The molecule has 0 aromatic rings. The number of hydrogen-bond acceptors (Lipinski definition) is 4. The van der Waals surface area contributed by atoms with Crippen molar-refractivity contribution in [2.45, 2.75) is 12.2 Å². The van der Waals surface area contributed by atoms with Crippen LogP contribution in [0.4, 0.5) is 0 Å². The van der Waals surface area contributed by atoms with Gasteiger partial charge in [0, 0.05) is 14.2 Å². The minimum Gasteiger partial charge on any atom is -0.377 e. The smallest absolute Gasteiger partial charge is 0.0996 e. The summed E-state index contributed by atoms with van der Waals surface area (Å²) in [6.45, 7) is 1.07. The van der Waals surface area contributed by atoms with E-state index in [2.05, 4.69) is 0 Å². The lowest BCUT2D eigenvalue weighted by molar-refractivity contribution is -0.0811. The van der Waals surface area contributed by atoms with Crippen molar-refractivity contribution in [3.8, 4) is 0 Å². The largest absolute Gasteiger partial charge is 0.377 e. The quantitative estimate of drug-likeness (QED) is 0.583. The Morgan fingerprint density at radius 1 is 1.20 bits per heavy atom. The lowest BCUT2D eigenvalue weighted by Gasteiger charge is -2.13. The Hall–Kier alpha value is -0.160. The van der Waals surface area contributed by atoms with Gasteiger partial charge in [-0.2, -0.15) is 5.06 Å². The minimum absolute atomic E-state index is 0.00926. The molecule has 0 amide bonds. The second-order valence-electron chi connectivity index (χ2n) is 2.42. The number of hydroxylamine groups is 2. The van der Waals surface area contributed by atoms with Crippen LogP contribution in [0, 0.1) is 0 Å². The molecule has 60 valence electrons. The van der Waals surface area contributed by atoms with Crippen LogP contribution in [0.25, 0.3) is 0 Å². The summed E-state index contributed by atoms with van der Waals surface area (Å²) in [5.41, 5.74) is 0. The first-order valence-electron chi connectivity index (χ1n) is 3.27. The van der Waals surface area contributed by atoms with Crippen LogP contribution >= 0.6 is 0 Å². The average Bonchev–Trinajstić information content (AvgIpc) is 2.30.